The van der Waals surface area contributed by atoms with Gasteiger partial charge < -0.3 is 14.4 Å². The Kier molecular flexibility index (Phi) is 7.24. The van der Waals surface area contributed by atoms with Gasteiger partial charge in [-0.15, -0.1) is 0 Å². The zero-order chi connectivity index (χ0) is 24.3. The van der Waals surface area contributed by atoms with Crippen LogP contribution < -0.4 is 4.74 Å². The maximum absolute atomic E-state index is 13.8. The van der Waals surface area contributed by atoms with Crippen molar-refractivity contribution in [1.29, 1.82) is 0 Å². The predicted octanol–water partition coefficient (Wildman–Crippen LogP) is 3.76. The molecule has 2 aromatic rings. The number of ether oxygens (including phenoxy) is 2. The molecule has 0 unspecified atom stereocenters. The third-order valence-corrected chi connectivity index (χ3v) is 7.32. The quantitative estimate of drug-likeness (QED) is 0.556. The predicted molar refractivity (Wildman–Crippen MR) is 131 cm³/mol. The molecule has 0 atom stereocenters. The number of nitrogens with zero attached hydrogens (tertiary/aromatic N) is 3. The molecular formula is C27H35N3O4. The molecule has 0 aromatic heterocycles. The van der Waals surface area contributed by atoms with Crippen molar-refractivity contribution in [2.75, 3.05) is 40.5 Å². The van der Waals surface area contributed by atoms with Crippen LogP contribution in [0.2, 0.25) is 0 Å². The number of urea groups is 1. The Morgan fingerprint density at radius 1 is 0.941 bits per heavy atom. The number of hydrogen-bond acceptors (Lipinski definition) is 5. The molecule has 2 aromatic carbocycles. The van der Waals surface area contributed by atoms with E-state index in [0.717, 1.165) is 25.2 Å². The Balaban J connectivity index is 1.53. The van der Waals surface area contributed by atoms with Gasteiger partial charge in [-0.1, -0.05) is 30.3 Å². The van der Waals surface area contributed by atoms with Crippen molar-refractivity contribution in [2.24, 2.45) is 0 Å². The van der Waals surface area contributed by atoms with Crippen molar-refractivity contribution in [3.8, 4) is 5.75 Å². The van der Waals surface area contributed by atoms with Gasteiger partial charge in [0.25, 0.3) is 5.91 Å². The number of aryl methyl sites for hydroxylation is 2. The lowest BCUT2D eigenvalue weighted by atomic mass is 9.85. The molecule has 7 nitrogen and oxygen atoms in total. The standard InChI is InChI=1S/C27H35N3O4/c1-20-7-5-8-21(2)24(20)19-28-13-11-27(12-14-28)25(31)29(26(32)30(27)15-16-33-3)18-22-9-6-10-23(17-22)34-4/h5-10,17H,11-16,18-19H2,1-4H3. The van der Waals surface area contributed by atoms with Crippen LogP contribution in [0.5, 0.6) is 5.75 Å². The Labute approximate surface area is 202 Å². The Morgan fingerprint density at radius 2 is 1.62 bits per heavy atom. The molecule has 34 heavy (non-hydrogen) atoms. The van der Waals surface area contributed by atoms with E-state index in [1.54, 1.807) is 19.1 Å². The van der Waals surface area contributed by atoms with E-state index < -0.39 is 5.54 Å². The van der Waals surface area contributed by atoms with Crippen LogP contribution in [0.15, 0.2) is 42.5 Å². The van der Waals surface area contributed by atoms with E-state index in [2.05, 4.69) is 36.9 Å². The highest BCUT2D eigenvalue weighted by Crippen LogP contribution is 2.38. The van der Waals surface area contributed by atoms with Crippen LogP contribution in [0.3, 0.4) is 0 Å². The van der Waals surface area contributed by atoms with Crippen molar-refractivity contribution in [3.05, 3.63) is 64.7 Å². The van der Waals surface area contributed by atoms with Crippen LogP contribution in [0.25, 0.3) is 0 Å². The lowest BCUT2D eigenvalue weighted by molar-refractivity contribution is -0.136. The molecule has 2 aliphatic heterocycles. The average molecular weight is 466 g/mol. The summed E-state index contributed by atoms with van der Waals surface area (Å²) in [6.45, 7) is 7.75. The summed E-state index contributed by atoms with van der Waals surface area (Å²) in [6, 6.07) is 13.7. The Hall–Kier alpha value is -2.90. The first-order chi connectivity index (χ1) is 16.4. The van der Waals surface area contributed by atoms with Crippen LogP contribution >= 0.6 is 0 Å². The first kappa shape index (κ1) is 24.2. The number of amides is 3. The molecule has 2 fully saturated rings. The van der Waals surface area contributed by atoms with Crippen LogP contribution in [-0.2, 0) is 22.6 Å². The van der Waals surface area contributed by atoms with E-state index in [1.165, 1.54) is 21.6 Å². The summed E-state index contributed by atoms with van der Waals surface area (Å²) < 4.78 is 10.6. The molecule has 2 saturated heterocycles. The van der Waals surface area contributed by atoms with Crippen LogP contribution in [0, 0.1) is 13.8 Å². The monoisotopic (exact) mass is 465 g/mol. The lowest BCUT2D eigenvalue weighted by Crippen LogP contribution is -2.57. The van der Waals surface area contributed by atoms with Crippen molar-refractivity contribution >= 4 is 11.9 Å². The SMILES string of the molecule is COCCN1C(=O)N(Cc2cccc(OC)c2)C(=O)C12CCN(Cc1c(C)cccc1C)CC2. The minimum absolute atomic E-state index is 0.0943. The maximum atomic E-state index is 13.8. The highest BCUT2D eigenvalue weighted by atomic mass is 16.5. The molecule has 0 radical (unpaired) electrons. The second kappa shape index (κ2) is 10.2. The van der Waals surface area contributed by atoms with E-state index in [4.69, 9.17) is 9.47 Å². The summed E-state index contributed by atoms with van der Waals surface area (Å²) in [6.07, 6.45) is 1.25. The summed E-state index contributed by atoms with van der Waals surface area (Å²) in [5, 5.41) is 0. The zero-order valence-electron chi connectivity index (χ0n) is 20.7. The van der Waals surface area contributed by atoms with Gasteiger partial charge in [-0.3, -0.25) is 14.6 Å². The fraction of sp³-hybridized carbons (Fsp3) is 0.481. The summed E-state index contributed by atoms with van der Waals surface area (Å²) in [5.74, 6) is 0.616. The highest BCUT2D eigenvalue weighted by Gasteiger charge is 2.57. The number of likely N-dealkylation sites (tertiary alicyclic amines) is 1. The second-order valence-corrected chi connectivity index (χ2v) is 9.35. The minimum atomic E-state index is -0.800. The van der Waals surface area contributed by atoms with E-state index in [-0.39, 0.29) is 18.5 Å². The topological polar surface area (TPSA) is 62.3 Å². The normalized spacial score (nSPS) is 18.2. The third kappa shape index (κ3) is 4.55. The fourth-order valence-corrected chi connectivity index (χ4v) is 5.25. The van der Waals surface area contributed by atoms with Gasteiger partial charge in [0.1, 0.15) is 11.3 Å². The second-order valence-electron chi connectivity index (χ2n) is 9.35. The number of imide groups is 1. The van der Waals surface area contributed by atoms with Gasteiger partial charge in [-0.2, -0.15) is 0 Å². The molecule has 0 N–H and O–H groups in total. The molecule has 0 aliphatic carbocycles. The van der Waals surface area contributed by atoms with E-state index >= 15 is 0 Å². The van der Waals surface area contributed by atoms with E-state index in [1.807, 2.05) is 24.3 Å². The van der Waals surface area contributed by atoms with Gasteiger partial charge in [0, 0.05) is 33.3 Å². The van der Waals surface area contributed by atoms with Gasteiger partial charge in [0.15, 0.2) is 0 Å². The molecule has 182 valence electrons. The maximum Gasteiger partial charge on any atom is 0.328 e. The first-order valence-electron chi connectivity index (χ1n) is 11.9. The first-order valence-corrected chi connectivity index (χ1v) is 11.9. The van der Waals surface area contributed by atoms with Crippen LogP contribution in [-0.4, -0.2) is 72.6 Å². The number of methoxy groups -OCH3 is 2. The summed E-state index contributed by atoms with van der Waals surface area (Å²) in [5.41, 5.74) is 4.00. The molecule has 2 heterocycles. The van der Waals surface area contributed by atoms with E-state index in [0.29, 0.717) is 31.7 Å². The van der Waals surface area contributed by atoms with Gasteiger partial charge in [0.2, 0.25) is 0 Å². The number of rotatable bonds is 8. The summed E-state index contributed by atoms with van der Waals surface area (Å²) in [4.78, 5) is 32.8. The smallest absolute Gasteiger partial charge is 0.328 e. The van der Waals surface area contributed by atoms with Crippen molar-refractivity contribution in [1.82, 2.24) is 14.7 Å². The van der Waals surface area contributed by atoms with Gasteiger partial charge in [0.05, 0.1) is 20.3 Å². The van der Waals surface area contributed by atoms with Crippen molar-refractivity contribution in [2.45, 2.75) is 45.3 Å². The molecule has 0 bridgehead atoms. The van der Waals surface area contributed by atoms with Crippen LogP contribution in [0.4, 0.5) is 4.79 Å². The largest absolute Gasteiger partial charge is 0.497 e. The third-order valence-electron chi connectivity index (χ3n) is 7.32. The van der Waals surface area contributed by atoms with Gasteiger partial charge >= 0.3 is 6.03 Å². The van der Waals surface area contributed by atoms with Gasteiger partial charge in [-0.25, -0.2) is 4.79 Å². The molecule has 3 amide bonds. The molecular weight excluding hydrogens is 430 g/mol. The van der Waals surface area contributed by atoms with Gasteiger partial charge in [-0.05, 0) is 61.1 Å². The molecule has 2 aliphatic rings. The Bertz CT molecular complexity index is 1030. The Morgan fingerprint density at radius 3 is 2.26 bits per heavy atom. The lowest BCUT2D eigenvalue weighted by Gasteiger charge is -2.42. The number of benzene rings is 2. The highest BCUT2D eigenvalue weighted by molar-refractivity contribution is 6.07. The fourth-order valence-electron chi connectivity index (χ4n) is 5.25. The number of piperidine rings is 1. The number of carbonyl (C=O) groups is 2. The van der Waals surface area contributed by atoms with E-state index in [9.17, 15) is 9.59 Å². The molecule has 7 heteroatoms. The van der Waals surface area contributed by atoms with Crippen LogP contribution in [0.1, 0.15) is 35.1 Å². The van der Waals surface area contributed by atoms with Crippen molar-refractivity contribution < 1.29 is 19.1 Å². The average Bonchev–Trinajstić information content (AvgIpc) is 3.02. The number of carbonyl (C=O) groups excluding carboxylic acids is 2. The van der Waals surface area contributed by atoms with Crippen molar-refractivity contribution in [3.63, 3.8) is 0 Å². The molecule has 0 saturated carbocycles. The zero-order valence-corrected chi connectivity index (χ0v) is 20.7. The number of hydrogen-bond donors (Lipinski definition) is 0. The minimum Gasteiger partial charge on any atom is -0.497 e. The summed E-state index contributed by atoms with van der Waals surface area (Å²) in [7, 11) is 3.23. The molecule has 4 rings (SSSR count). The molecule has 1 spiro atoms. The summed E-state index contributed by atoms with van der Waals surface area (Å²) >= 11 is 0.